The van der Waals surface area contributed by atoms with E-state index in [1.807, 2.05) is 91.9 Å². The zero-order chi connectivity index (χ0) is 19.6. The molecule has 0 saturated carbocycles. The Morgan fingerprint density at radius 3 is 2.04 bits per heavy atom. The molecule has 4 rings (SSSR count). The number of cyclic esters (lactones) is 1. The van der Waals surface area contributed by atoms with Crippen molar-refractivity contribution in [2.45, 2.75) is 25.4 Å². The number of esters is 1. The number of benzene rings is 3. The Balaban J connectivity index is 1.77. The number of ether oxygens (including phenoxy) is 1. The van der Waals surface area contributed by atoms with E-state index >= 15 is 0 Å². The van der Waals surface area contributed by atoms with Crippen molar-refractivity contribution < 1.29 is 14.6 Å². The molecule has 1 N–H and O–H groups in total. The molecule has 3 nitrogen and oxygen atoms in total. The highest BCUT2D eigenvalue weighted by Gasteiger charge is 2.44. The minimum Gasteiger partial charge on any atom is -0.512 e. The summed E-state index contributed by atoms with van der Waals surface area (Å²) in [7, 11) is 0. The van der Waals surface area contributed by atoms with Crippen LogP contribution in [0.5, 0.6) is 0 Å². The Labute approximate surface area is 164 Å². The molecule has 0 amide bonds. The summed E-state index contributed by atoms with van der Waals surface area (Å²) in [5.41, 5.74) is 3.08. The Morgan fingerprint density at radius 1 is 0.893 bits per heavy atom. The lowest BCUT2D eigenvalue weighted by atomic mass is 9.80. The lowest BCUT2D eigenvalue weighted by Crippen LogP contribution is -2.39. The average Bonchev–Trinajstić information content (AvgIpc) is 2.72. The molecule has 0 aliphatic carbocycles. The lowest BCUT2D eigenvalue weighted by molar-refractivity contribution is -0.155. The Morgan fingerprint density at radius 2 is 1.50 bits per heavy atom. The van der Waals surface area contributed by atoms with Crippen molar-refractivity contribution in [3.63, 3.8) is 0 Å². The molecule has 1 aliphatic rings. The van der Waals surface area contributed by atoms with Crippen LogP contribution in [0.1, 0.15) is 28.7 Å². The van der Waals surface area contributed by atoms with Crippen LogP contribution in [0.15, 0.2) is 96.3 Å². The SMILES string of the molecule is Cc1cccc(CC2=C(O)CC(c3ccccc3)(c3ccccc3)OC2=O)c1. The summed E-state index contributed by atoms with van der Waals surface area (Å²) in [5.74, 6) is -0.386. The summed E-state index contributed by atoms with van der Waals surface area (Å²) >= 11 is 0. The molecule has 28 heavy (non-hydrogen) atoms. The van der Waals surface area contributed by atoms with Gasteiger partial charge in [-0.25, -0.2) is 4.79 Å². The number of aryl methyl sites for hydroxylation is 1. The second-order valence-electron chi connectivity index (χ2n) is 7.22. The second kappa shape index (κ2) is 7.35. The van der Waals surface area contributed by atoms with Gasteiger partial charge in [0.15, 0.2) is 5.60 Å². The van der Waals surface area contributed by atoms with E-state index in [0.717, 1.165) is 22.3 Å². The summed E-state index contributed by atoms with van der Waals surface area (Å²) < 4.78 is 6.07. The molecule has 0 saturated heterocycles. The molecule has 0 radical (unpaired) electrons. The highest BCUT2D eigenvalue weighted by atomic mass is 16.6. The summed E-state index contributed by atoms with van der Waals surface area (Å²) in [4.78, 5) is 13.0. The van der Waals surface area contributed by atoms with E-state index in [0.29, 0.717) is 12.0 Å². The first-order chi connectivity index (χ1) is 13.6. The molecule has 0 fully saturated rings. The summed E-state index contributed by atoms with van der Waals surface area (Å²) in [5, 5.41) is 10.9. The van der Waals surface area contributed by atoms with Crippen molar-refractivity contribution in [3.05, 3.63) is 119 Å². The van der Waals surface area contributed by atoms with E-state index in [2.05, 4.69) is 0 Å². The molecule has 0 aromatic heterocycles. The first kappa shape index (κ1) is 18.1. The van der Waals surface area contributed by atoms with E-state index in [1.165, 1.54) is 0 Å². The Kier molecular flexibility index (Phi) is 4.74. The third-order valence-electron chi connectivity index (χ3n) is 5.22. The van der Waals surface area contributed by atoms with Crippen LogP contribution in [0.3, 0.4) is 0 Å². The predicted octanol–water partition coefficient (Wildman–Crippen LogP) is 5.24. The molecule has 3 aromatic rings. The average molecular weight is 370 g/mol. The molecule has 0 bridgehead atoms. The fraction of sp³-hybridized carbons (Fsp3) is 0.160. The number of hydrogen-bond donors (Lipinski definition) is 1. The van der Waals surface area contributed by atoms with Gasteiger partial charge in [-0.1, -0.05) is 90.5 Å². The maximum Gasteiger partial charge on any atom is 0.339 e. The van der Waals surface area contributed by atoms with Crippen molar-refractivity contribution >= 4 is 5.97 Å². The molecule has 1 heterocycles. The molecule has 3 aromatic carbocycles. The molecular formula is C25H22O3. The normalized spacial score (nSPS) is 16.0. The molecule has 1 aliphatic heterocycles. The van der Waals surface area contributed by atoms with Crippen LogP contribution in [0.4, 0.5) is 0 Å². The van der Waals surface area contributed by atoms with Crippen LogP contribution in [-0.2, 0) is 21.6 Å². The maximum atomic E-state index is 13.0. The van der Waals surface area contributed by atoms with E-state index in [-0.39, 0.29) is 12.2 Å². The zero-order valence-corrected chi connectivity index (χ0v) is 15.8. The van der Waals surface area contributed by atoms with Gasteiger partial charge in [0.05, 0.1) is 12.0 Å². The fourth-order valence-electron chi connectivity index (χ4n) is 3.82. The quantitative estimate of drug-likeness (QED) is 0.639. The van der Waals surface area contributed by atoms with Crippen LogP contribution in [-0.4, -0.2) is 11.1 Å². The van der Waals surface area contributed by atoms with Crippen molar-refractivity contribution in [1.29, 1.82) is 0 Å². The first-order valence-electron chi connectivity index (χ1n) is 9.39. The number of aliphatic hydroxyl groups excluding tert-OH is 1. The minimum absolute atomic E-state index is 0.0884. The van der Waals surface area contributed by atoms with Crippen LogP contribution in [0.2, 0.25) is 0 Å². The summed E-state index contributed by atoms with van der Waals surface area (Å²) in [6.45, 7) is 2.01. The van der Waals surface area contributed by atoms with Crippen LogP contribution in [0, 0.1) is 6.92 Å². The van der Waals surface area contributed by atoms with Crippen LogP contribution >= 0.6 is 0 Å². The molecule has 0 spiro atoms. The number of aliphatic hydroxyl groups is 1. The van der Waals surface area contributed by atoms with Crippen molar-refractivity contribution in [2.75, 3.05) is 0 Å². The van der Waals surface area contributed by atoms with E-state index < -0.39 is 11.6 Å². The first-order valence-corrected chi connectivity index (χ1v) is 9.39. The fourth-order valence-corrected chi connectivity index (χ4v) is 3.82. The smallest absolute Gasteiger partial charge is 0.339 e. The van der Waals surface area contributed by atoms with E-state index in [9.17, 15) is 9.90 Å². The Hall–Kier alpha value is -3.33. The van der Waals surface area contributed by atoms with E-state index in [1.54, 1.807) is 0 Å². The predicted molar refractivity (Wildman–Crippen MR) is 109 cm³/mol. The third kappa shape index (κ3) is 3.31. The summed E-state index contributed by atoms with van der Waals surface area (Å²) in [6.07, 6.45) is 0.569. The van der Waals surface area contributed by atoms with E-state index in [4.69, 9.17) is 4.74 Å². The second-order valence-corrected chi connectivity index (χ2v) is 7.22. The van der Waals surface area contributed by atoms with Gasteiger partial charge in [0.2, 0.25) is 0 Å². The maximum absolute atomic E-state index is 13.0. The van der Waals surface area contributed by atoms with Crippen molar-refractivity contribution in [2.24, 2.45) is 0 Å². The molecule has 0 atom stereocenters. The van der Waals surface area contributed by atoms with Gasteiger partial charge in [-0.15, -0.1) is 0 Å². The zero-order valence-electron chi connectivity index (χ0n) is 15.8. The van der Waals surface area contributed by atoms with Crippen LogP contribution < -0.4 is 0 Å². The van der Waals surface area contributed by atoms with Gasteiger partial charge in [-0.3, -0.25) is 0 Å². The Bertz CT molecular complexity index is 980. The van der Waals surface area contributed by atoms with Crippen LogP contribution in [0.25, 0.3) is 0 Å². The van der Waals surface area contributed by atoms with Gasteiger partial charge in [-0.05, 0) is 12.5 Å². The largest absolute Gasteiger partial charge is 0.512 e. The lowest BCUT2D eigenvalue weighted by Gasteiger charge is -2.38. The third-order valence-corrected chi connectivity index (χ3v) is 5.22. The monoisotopic (exact) mass is 370 g/mol. The topological polar surface area (TPSA) is 46.5 Å². The number of carbonyl (C=O) groups excluding carboxylic acids is 1. The van der Waals surface area contributed by atoms with Gasteiger partial charge in [0.1, 0.15) is 5.76 Å². The van der Waals surface area contributed by atoms with Gasteiger partial charge in [-0.2, -0.15) is 0 Å². The van der Waals surface area contributed by atoms with Gasteiger partial charge >= 0.3 is 5.97 Å². The van der Waals surface area contributed by atoms with Gasteiger partial charge < -0.3 is 9.84 Å². The molecule has 3 heteroatoms. The summed E-state index contributed by atoms with van der Waals surface area (Å²) in [6, 6.07) is 27.2. The van der Waals surface area contributed by atoms with Gasteiger partial charge in [0, 0.05) is 17.5 Å². The van der Waals surface area contributed by atoms with Crippen molar-refractivity contribution in [1.82, 2.24) is 0 Å². The number of hydrogen-bond acceptors (Lipinski definition) is 3. The highest BCUT2D eigenvalue weighted by Crippen LogP contribution is 2.43. The molecular weight excluding hydrogens is 348 g/mol. The van der Waals surface area contributed by atoms with Gasteiger partial charge in [0.25, 0.3) is 0 Å². The van der Waals surface area contributed by atoms with Crippen molar-refractivity contribution in [3.8, 4) is 0 Å². The number of carbonyl (C=O) groups is 1. The highest BCUT2D eigenvalue weighted by molar-refractivity contribution is 5.91. The molecule has 140 valence electrons. The standard InChI is InChI=1S/C25H22O3/c1-18-9-8-10-19(15-18)16-22-23(26)17-25(28-24(22)27,20-11-4-2-5-12-20)21-13-6-3-7-14-21/h2-15,26H,16-17H2,1H3. The number of rotatable bonds is 4. The minimum atomic E-state index is -1.03. The molecule has 0 unspecified atom stereocenters.